The van der Waals surface area contributed by atoms with Gasteiger partial charge >= 0.3 is 0 Å². The van der Waals surface area contributed by atoms with Gasteiger partial charge in [0, 0.05) is 5.56 Å². The van der Waals surface area contributed by atoms with Gasteiger partial charge in [-0.3, -0.25) is 4.79 Å². The van der Waals surface area contributed by atoms with E-state index in [-0.39, 0.29) is 5.56 Å². The average molecular weight is 420 g/mol. The van der Waals surface area contributed by atoms with Crippen LogP contribution in [0.4, 0.5) is 0 Å². The van der Waals surface area contributed by atoms with Gasteiger partial charge in [0.05, 0.1) is 11.1 Å². The fourth-order valence-electron chi connectivity index (χ4n) is 2.84. The third-order valence-electron chi connectivity index (χ3n) is 4.31. The monoisotopic (exact) mass is 419 g/mol. The zero-order valence-electron chi connectivity index (χ0n) is 16.6. The molecule has 152 valence electrons. The van der Waals surface area contributed by atoms with Crippen LogP contribution >= 0.6 is 11.3 Å². The topological polar surface area (TPSA) is 65.7 Å². The maximum absolute atomic E-state index is 12.7. The van der Waals surface area contributed by atoms with Crippen LogP contribution in [0.3, 0.4) is 0 Å². The summed E-state index contributed by atoms with van der Waals surface area (Å²) in [6.45, 7) is 6.83. The predicted molar refractivity (Wildman–Crippen MR) is 119 cm³/mol. The van der Waals surface area contributed by atoms with Gasteiger partial charge in [-0.1, -0.05) is 43.0 Å². The number of hydrogen-bond donors (Lipinski definition) is 0. The van der Waals surface area contributed by atoms with Gasteiger partial charge in [0.25, 0.3) is 5.56 Å². The highest BCUT2D eigenvalue weighted by Gasteiger charge is 2.12. The van der Waals surface area contributed by atoms with Crippen LogP contribution in [-0.2, 0) is 0 Å². The van der Waals surface area contributed by atoms with Crippen LogP contribution in [0, 0.1) is 0 Å². The number of aromatic nitrogens is 3. The second-order valence-electron chi connectivity index (χ2n) is 6.59. The fourth-order valence-corrected chi connectivity index (χ4v) is 3.75. The molecular formula is C23H21N3O3S. The smallest absolute Gasteiger partial charge is 0.291 e. The first-order valence-corrected chi connectivity index (χ1v) is 10.5. The molecule has 0 aliphatic rings. The zero-order chi connectivity index (χ0) is 20.9. The Hall–Kier alpha value is -3.45. The van der Waals surface area contributed by atoms with Crippen molar-refractivity contribution in [3.05, 3.63) is 81.6 Å². The maximum atomic E-state index is 12.7. The number of benzene rings is 2. The zero-order valence-corrected chi connectivity index (χ0v) is 17.4. The Balaban J connectivity index is 1.58. The highest BCUT2D eigenvalue weighted by molar-refractivity contribution is 7.15. The molecule has 0 bridgehead atoms. The Kier molecular flexibility index (Phi) is 5.90. The normalized spacial score (nSPS) is 11.7. The van der Waals surface area contributed by atoms with Crippen LogP contribution in [0.2, 0.25) is 0 Å². The Labute approximate surface area is 177 Å². The van der Waals surface area contributed by atoms with Crippen LogP contribution in [0.25, 0.3) is 22.4 Å². The largest absolute Gasteiger partial charge is 0.494 e. The second kappa shape index (κ2) is 8.92. The van der Waals surface area contributed by atoms with Crippen molar-refractivity contribution in [1.29, 1.82) is 0 Å². The summed E-state index contributed by atoms with van der Waals surface area (Å²) in [6, 6.07) is 15.1. The Morgan fingerprint density at radius 3 is 2.43 bits per heavy atom. The van der Waals surface area contributed by atoms with Gasteiger partial charge in [0.1, 0.15) is 18.1 Å². The second-order valence-corrected chi connectivity index (χ2v) is 7.60. The van der Waals surface area contributed by atoms with Crippen molar-refractivity contribution in [1.82, 2.24) is 14.6 Å². The summed E-state index contributed by atoms with van der Waals surface area (Å²) in [6.07, 6.45) is 4.49. The first-order chi connectivity index (χ1) is 14.7. The highest BCUT2D eigenvalue weighted by atomic mass is 32.1. The summed E-state index contributed by atoms with van der Waals surface area (Å²) in [7, 11) is 0. The molecule has 0 aliphatic carbocycles. The molecule has 0 amide bonds. The van der Waals surface area contributed by atoms with Crippen LogP contribution in [0.15, 0.2) is 66.0 Å². The lowest BCUT2D eigenvalue weighted by molar-refractivity contribution is 0.317. The van der Waals surface area contributed by atoms with E-state index in [2.05, 4.69) is 23.6 Å². The summed E-state index contributed by atoms with van der Waals surface area (Å²) < 4.78 is 13.0. The van der Waals surface area contributed by atoms with Crippen molar-refractivity contribution in [2.24, 2.45) is 0 Å². The summed E-state index contributed by atoms with van der Waals surface area (Å²) in [4.78, 5) is 17.8. The van der Waals surface area contributed by atoms with Crippen molar-refractivity contribution in [2.75, 3.05) is 13.2 Å². The van der Waals surface area contributed by atoms with Crippen LogP contribution < -0.4 is 19.6 Å². The van der Waals surface area contributed by atoms with Crippen molar-refractivity contribution >= 4 is 22.4 Å². The van der Waals surface area contributed by atoms with E-state index in [0.717, 1.165) is 29.0 Å². The van der Waals surface area contributed by atoms with Gasteiger partial charge in [-0.15, -0.1) is 5.10 Å². The molecule has 30 heavy (non-hydrogen) atoms. The van der Waals surface area contributed by atoms with E-state index >= 15 is 0 Å². The molecule has 0 radical (unpaired) electrons. The minimum atomic E-state index is -0.177. The third kappa shape index (κ3) is 4.26. The van der Waals surface area contributed by atoms with Crippen molar-refractivity contribution in [3.8, 4) is 22.9 Å². The average Bonchev–Trinajstić information content (AvgIpc) is 3.31. The number of rotatable bonds is 8. The molecule has 0 saturated heterocycles. The van der Waals surface area contributed by atoms with E-state index in [1.807, 2.05) is 54.6 Å². The molecule has 0 saturated carbocycles. The standard InChI is InChI=1S/C23H21N3O3S/c1-3-13-28-18-9-5-16(6-10-18)15-20-22(27)26-23(30-20)24-21(25-26)17-7-11-19(12-8-17)29-14-4-2/h3,5-12,15H,1,4,13-14H2,2H3. The lowest BCUT2D eigenvalue weighted by Crippen LogP contribution is -2.23. The Bertz CT molecular complexity index is 1260. The van der Waals surface area contributed by atoms with E-state index in [0.29, 0.717) is 28.5 Å². The minimum Gasteiger partial charge on any atom is -0.494 e. The molecule has 2 heterocycles. The number of ether oxygens (including phenoxy) is 2. The molecular weight excluding hydrogens is 398 g/mol. The molecule has 2 aromatic carbocycles. The molecule has 0 aliphatic heterocycles. The molecule has 6 nitrogen and oxygen atoms in total. The van der Waals surface area contributed by atoms with Gasteiger partial charge in [-0.2, -0.15) is 9.50 Å². The number of fused-ring (bicyclic) bond motifs is 1. The molecule has 0 unspecified atom stereocenters. The minimum absolute atomic E-state index is 0.177. The van der Waals surface area contributed by atoms with E-state index < -0.39 is 0 Å². The van der Waals surface area contributed by atoms with Crippen molar-refractivity contribution < 1.29 is 9.47 Å². The molecule has 0 atom stereocenters. The molecule has 4 rings (SSSR count). The highest BCUT2D eigenvalue weighted by Crippen LogP contribution is 2.20. The number of hydrogen-bond acceptors (Lipinski definition) is 6. The van der Waals surface area contributed by atoms with Crippen molar-refractivity contribution in [2.45, 2.75) is 13.3 Å². The van der Waals surface area contributed by atoms with Crippen LogP contribution in [-0.4, -0.2) is 27.8 Å². The van der Waals surface area contributed by atoms with E-state index in [9.17, 15) is 4.79 Å². The summed E-state index contributed by atoms with van der Waals surface area (Å²) >= 11 is 1.32. The van der Waals surface area contributed by atoms with Crippen molar-refractivity contribution in [3.63, 3.8) is 0 Å². The predicted octanol–water partition coefficient (Wildman–Crippen LogP) is 3.72. The van der Waals surface area contributed by atoms with Gasteiger partial charge < -0.3 is 9.47 Å². The van der Waals surface area contributed by atoms with E-state index in [4.69, 9.17) is 9.47 Å². The summed E-state index contributed by atoms with van der Waals surface area (Å²) in [5, 5.41) is 4.40. The summed E-state index contributed by atoms with van der Waals surface area (Å²) in [5.41, 5.74) is 1.57. The van der Waals surface area contributed by atoms with E-state index in [1.165, 1.54) is 15.9 Å². The van der Waals surface area contributed by atoms with Crippen LogP contribution in [0.1, 0.15) is 18.9 Å². The molecule has 7 heteroatoms. The fraction of sp³-hybridized carbons (Fsp3) is 0.174. The lowest BCUT2D eigenvalue weighted by atomic mass is 10.2. The Morgan fingerprint density at radius 2 is 1.77 bits per heavy atom. The first-order valence-electron chi connectivity index (χ1n) is 9.66. The van der Waals surface area contributed by atoms with Gasteiger partial charge in [-0.25, -0.2) is 0 Å². The van der Waals surface area contributed by atoms with Gasteiger partial charge in [0.2, 0.25) is 4.96 Å². The number of thiazole rings is 1. The van der Waals surface area contributed by atoms with Gasteiger partial charge in [-0.05, 0) is 54.5 Å². The Morgan fingerprint density at radius 1 is 1.07 bits per heavy atom. The SMILES string of the molecule is C=CCOc1ccc(C=c2sc3nc(-c4ccc(OCCC)cc4)nn3c2=O)cc1. The number of nitrogens with zero attached hydrogens (tertiary/aromatic N) is 3. The molecule has 2 aromatic heterocycles. The summed E-state index contributed by atoms with van der Waals surface area (Å²) in [5.74, 6) is 2.09. The molecule has 0 spiro atoms. The molecule has 4 aromatic rings. The van der Waals surface area contributed by atoms with Gasteiger partial charge in [0.15, 0.2) is 5.82 Å². The third-order valence-corrected chi connectivity index (χ3v) is 5.27. The maximum Gasteiger partial charge on any atom is 0.291 e. The van der Waals surface area contributed by atoms with Crippen LogP contribution in [0.5, 0.6) is 11.5 Å². The first kappa shape index (κ1) is 19.8. The van der Waals surface area contributed by atoms with E-state index in [1.54, 1.807) is 6.08 Å². The lowest BCUT2D eigenvalue weighted by Gasteiger charge is -2.04. The molecule has 0 fully saturated rings. The quantitative estimate of drug-likeness (QED) is 0.407. The molecule has 0 N–H and O–H groups in total.